The molecule has 0 unspecified atom stereocenters. The number of benzene rings is 1. The van der Waals surface area contributed by atoms with Crippen molar-refractivity contribution in [3.05, 3.63) is 59.7 Å². The number of piperidine rings is 1. The van der Waals surface area contributed by atoms with Crippen molar-refractivity contribution in [1.29, 1.82) is 0 Å². The Bertz CT molecular complexity index is 982. The van der Waals surface area contributed by atoms with Gasteiger partial charge in [0.2, 0.25) is 0 Å². The monoisotopic (exact) mass is 385 g/mol. The zero-order valence-electron chi connectivity index (χ0n) is 15.8. The molecule has 146 valence electrons. The molecule has 2 aromatic heterocycles. The van der Waals surface area contributed by atoms with Crippen LogP contribution in [-0.2, 0) is 0 Å². The SMILES string of the molecule is Cc1cc(C)n(-c2cncc(N3CCC(Oc4ccc(F)cc4F)CC3)n2)n1. The van der Waals surface area contributed by atoms with Crippen LogP contribution in [0.3, 0.4) is 0 Å². The highest BCUT2D eigenvalue weighted by molar-refractivity contribution is 5.40. The molecule has 0 saturated carbocycles. The Hall–Kier alpha value is -3.03. The Kier molecular flexibility index (Phi) is 4.93. The molecule has 3 heterocycles. The number of aromatic nitrogens is 4. The van der Waals surface area contributed by atoms with E-state index in [1.54, 1.807) is 17.1 Å². The van der Waals surface area contributed by atoms with E-state index in [1.165, 1.54) is 12.1 Å². The van der Waals surface area contributed by atoms with E-state index in [2.05, 4.69) is 15.0 Å². The summed E-state index contributed by atoms with van der Waals surface area (Å²) >= 11 is 0. The number of anilines is 1. The summed E-state index contributed by atoms with van der Waals surface area (Å²) in [5.41, 5.74) is 1.92. The molecule has 0 amide bonds. The van der Waals surface area contributed by atoms with Crippen molar-refractivity contribution in [1.82, 2.24) is 19.7 Å². The van der Waals surface area contributed by atoms with Crippen molar-refractivity contribution < 1.29 is 13.5 Å². The van der Waals surface area contributed by atoms with Gasteiger partial charge in [-0.2, -0.15) is 5.10 Å². The van der Waals surface area contributed by atoms with Gasteiger partial charge in [-0.05, 0) is 32.0 Å². The molecule has 0 radical (unpaired) electrons. The lowest BCUT2D eigenvalue weighted by atomic mass is 10.1. The summed E-state index contributed by atoms with van der Waals surface area (Å²) in [5.74, 6) is 0.254. The zero-order valence-corrected chi connectivity index (χ0v) is 15.8. The fraction of sp³-hybridized carbons (Fsp3) is 0.350. The summed E-state index contributed by atoms with van der Waals surface area (Å²) in [5, 5.41) is 4.45. The molecule has 0 bridgehead atoms. The third-order valence-corrected chi connectivity index (χ3v) is 4.79. The minimum absolute atomic E-state index is 0.0890. The summed E-state index contributed by atoms with van der Waals surface area (Å²) in [6, 6.07) is 5.37. The molecule has 1 aliphatic rings. The Balaban J connectivity index is 1.42. The summed E-state index contributed by atoms with van der Waals surface area (Å²) in [4.78, 5) is 11.1. The van der Waals surface area contributed by atoms with Crippen molar-refractivity contribution in [3.63, 3.8) is 0 Å². The molecule has 8 heteroatoms. The lowest BCUT2D eigenvalue weighted by molar-refractivity contribution is 0.163. The molecule has 6 nitrogen and oxygen atoms in total. The Labute approximate surface area is 161 Å². The van der Waals surface area contributed by atoms with Crippen LogP contribution in [0.5, 0.6) is 5.75 Å². The van der Waals surface area contributed by atoms with Gasteiger partial charge >= 0.3 is 0 Å². The molecule has 3 aromatic rings. The highest BCUT2D eigenvalue weighted by Gasteiger charge is 2.23. The molecule has 1 aliphatic heterocycles. The Morgan fingerprint density at radius 3 is 2.46 bits per heavy atom. The van der Waals surface area contributed by atoms with E-state index in [1.807, 2.05) is 19.9 Å². The average Bonchev–Trinajstić information content (AvgIpc) is 3.03. The van der Waals surface area contributed by atoms with Crippen molar-refractivity contribution in [2.24, 2.45) is 0 Å². The number of hydrogen-bond acceptors (Lipinski definition) is 5. The first-order valence-corrected chi connectivity index (χ1v) is 9.22. The fourth-order valence-corrected chi connectivity index (χ4v) is 3.41. The van der Waals surface area contributed by atoms with E-state index < -0.39 is 11.6 Å². The van der Waals surface area contributed by atoms with Crippen LogP contribution >= 0.6 is 0 Å². The quantitative estimate of drug-likeness (QED) is 0.687. The van der Waals surface area contributed by atoms with E-state index in [0.717, 1.165) is 23.3 Å². The first-order chi connectivity index (χ1) is 13.5. The van der Waals surface area contributed by atoms with Crippen molar-refractivity contribution >= 4 is 5.82 Å². The Morgan fingerprint density at radius 1 is 1.04 bits per heavy atom. The van der Waals surface area contributed by atoms with Crippen molar-refractivity contribution in [2.45, 2.75) is 32.8 Å². The molecule has 4 rings (SSSR count). The van der Waals surface area contributed by atoms with Crippen LogP contribution in [0.15, 0.2) is 36.7 Å². The van der Waals surface area contributed by atoms with Crippen LogP contribution < -0.4 is 9.64 Å². The van der Waals surface area contributed by atoms with Crippen LogP contribution in [0.4, 0.5) is 14.6 Å². The van der Waals surface area contributed by atoms with E-state index >= 15 is 0 Å². The van der Waals surface area contributed by atoms with Crippen LogP contribution in [-0.4, -0.2) is 38.9 Å². The summed E-state index contributed by atoms with van der Waals surface area (Å²) in [6.45, 7) is 5.34. The number of ether oxygens (including phenoxy) is 1. The third-order valence-electron chi connectivity index (χ3n) is 4.79. The number of halogens is 2. The summed E-state index contributed by atoms with van der Waals surface area (Å²) < 4.78 is 34.3. The molecular formula is C20H21F2N5O. The van der Waals surface area contributed by atoms with Crippen LogP contribution in [0.25, 0.3) is 5.82 Å². The van der Waals surface area contributed by atoms with Gasteiger partial charge in [0.1, 0.15) is 17.7 Å². The van der Waals surface area contributed by atoms with Crippen LogP contribution in [0.2, 0.25) is 0 Å². The van der Waals surface area contributed by atoms with Gasteiger partial charge in [0, 0.05) is 37.7 Å². The molecular weight excluding hydrogens is 364 g/mol. The second kappa shape index (κ2) is 7.53. The largest absolute Gasteiger partial charge is 0.487 e. The van der Waals surface area contributed by atoms with Gasteiger partial charge < -0.3 is 9.64 Å². The van der Waals surface area contributed by atoms with E-state index in [9.17, 15) is 8.78 Å². The molecule has 28 heavy (non-hydrogen) atoms. The number of aryl methyl sites for hydroxylation is 2. The maximum atomic E-state index is 13.8. The number of hydrogen-bond donors (Lipinski definition) is 0. The molecule has 1 aromatic carbocycles. The normalized spacial score (nSPS) is 15.1. The van der Waals surface area contributed by atoms with Gasteiger partial charge in [-0.15, -0.1) is 0 Å². The molecule has 1 fully saturated rings. The first-order valence-electron chi connectivity index (χ1n) is 9.22. The first kappa shape index (κ1) is 18.3. The van der Waals surface area contributed by atoms with E-state index in [0.29, 0.717) is 31.7 Å². The van der Waals surface area contributed by atoms with Gasteiger partial charge in [0.15, 0.2) is 17.4 Å². The minimum atomic E-state index is -0.675. The van der Waals surface area contributed by atoms with Crippen molar-refractivity contribution in [2.75, 3.05) is 18.0 Å². The lowest BCUT2D eigenvalue weighted by Crippen LogP contribution is -2.39. The van der Waals surface area contributed by atoms with Gasteiger partial charge in [-0.3, -0.25) is 4.98 Å². The van der Waals surface area contributed by atoms with Crippen LogP contribution in [0, 0.1) is 25.5 Å². The highest BCUT2D eigenvalue weighted by atomic mass is 19.1. The molecule has 0 N–H and O–H groups in total. The molecule has 1 saturated heterocycles. The standard InChI is InChI=1S/C20H21F2N5O/c1-13-9-14(2)27(25-13)20-12-23-11-19(24-20)26-7-5-16(6-8-26)28-18-4-3-15(21)10-17(18)22/h3-4,9-12,16H,5-8H2,1-2H3. The second-order valence-corrected chi connectivity index (χ2v) is 6.95. The van der Waals surface area contributed by atoms with E-state index in [4.69, 9.17) is 9.72 Å². The van der Waals surface area contributed by atoms with Crippen molar-refractivity contribution in [3.8, 4) is 11.6 Å². The minimum Gasteiger partial charge on any atom is -0.487 e. The Morgan fingerprint density at radius 2 is 1.79 bits per heavy atom. The van der Waals surface area contributed by atoms with Gasteiger partial charge in [-0.1, -0.05) is 0 Å². The van der Waals surface area contributed by atoms with Gasteiger partial charge in [0.05, 0.1) is 18.1 Å². The lowest BCUT2D eigenvalue weighted by Gasteiger charge is -2.32. The maximum Gasteiger partial charge on any atom is 0.174 e. The smallest absolute Gasteiger partial charge is 0.174 e. The third kappa shape index (κ3) is 3.81. The van der Waals surface area contributed by atoms with Gasteiger partial charge in [-0.25, -0.2) is 18.4 Å². The maximum absolute atomic E-state index is 13.8. The second-order valence-electron chi connectivity index (χ2n) is 6.95. The number of nitrogens with zero attached hydrogens (tertiary/aromatic N) is 5. The zero-order chi connectivity index (χ0) is 19.7. The number of rotatable bonds is 4. The molecule has 0 spiro atoms. The highest BCUT2D eigenvalue weighted by Crippen LogP contribution is 2.25. The average molecular weight is 385 g/mol. The summed E-state index contributed by atoms with van der Waals surface area (Å²) in [7, 11) is 0. The van der Waals surface area contributed by atoms with E-state index in [-0.39, 0.29) is 11.9 Å². The predicted molar refractivity (Wildman–Crippen MR) is 101 cm³/mol. The summed E-state index contributed by atoms with van der Waals surface area (Å²) in [6.07, 6.45) is 4.72. The topological polar surface area (TPSA) is 56.1 Å². The molecule has 0 aliphatic carbocycles. The fourth-order valence-electron chi connectivity index (χ4n) is 3.41. The van der Waals surface area contributed by atoms with Gasteiger partial charge in [0.25, 0.3) is 0 Å². The van der Waals surface area contributed by atoms with Crippen LogP contribution in [0.1, 0.15) is 24.2 Å². The molecule has 0 atom stereocenters. The predicted octanol–water partition coefficient (Wildman–Crippen LogP) is 3.61.